The summed E-state index contributed by atoms with van der Waals surface area (Å²) < 4.78 is 0. The molecule has 1 aromatic heterocycles. The van der Waals surface area contributed by atoms with Crippen LogP contribution in [0.5, 0.6) is 0 Å². The van der Waals surface area contributed by atoms with Crippen molar-refractivity contribution in [1.82, 2.24) is 4.98 Å². The molecule has 0 aliphatic carbocycles. The third-order valence-electron chi connectivity index (χ3n) is 3.68. The largest absolute Gasteiger partial charge is 0.384 e. The normalized spacial score (nSPS) is 12.6. The van der Waals surface area contributed by atoms with Crippen LogP contribution in [0.15, 0.2) is 48.5 Å². The van der Waals surface area contributed by atoms with Gasteiger partial charge in [-0.1, -0.05) is 41.9 Å². The van der Waals surface area contributed by atoms with Crippen LogP contribution in [-0.4, -0.2) is 10.1 Å². The van der Waals surface area contributed by atoms with E-state index >= 15 is 0 Å². The van der Waals surface area contributed by atoms with Gasteiger partial charge >= 0.3 is 0 Å². The molecule has 0 saturated heterocycles. The van der Waals surface area contributed by atoms with Crippen molar-refractivity contribution in [3.05, 3.63) is 75.9 Å². The van der Waals surface area contributed by atoms with E-state index in [1.165, 1.54) is 0 Å². The highest BCUT2D eigenvalue weighted by molar-refractivity contribution is 6.31. The first-order valence-electron chi connectivity index (χ1n) is 6.86. The summed E-state index contributed by atoms with van der Waals surface area (Å²) in [7, 11) is 0. The average Bonchev–Trinajstić information content (AvgIpc) is 2.48. The molecule has 1 unspecified atom stereocenters. The van der Waals surface area contributed by atoms with Crippen molar-refractivity contribution in [2.75, 3.05) is 0 Å². The lowest BCUT2D eigenvalue weighted by Gasteiger charge is -2.15. The second-order valence-electron chi connectivity index (χ2n) is 5.28. The maximum absolute atomic E-state index is 10.7. The molecule has 21 heavy (non-hydrogen) atoms. The lowest BCUT2D eigenvalue weighted by molar-refractivity contribution is 0.221. The molecule has 0 aliphatic rings. The fourth-order valence-electron chi connectivity index (χ4n) is 2.53. The summed E-state index contributed by atoms with van der Waals surface area (Å²) in [6.07, 6.45) is -0.713. The van der Waals surface area contributed by atoms with Crippen molar-refractivity contribution >= 4 is 22.5 Å². The Morgan fingerprint density at radius 3 is 2.57 bits per heavy atom. The molecule has 1 N–H and O–H groups in total. The highest BCUT2D eigenvalue weighted by Crippen LogP contribution is 2.30. The van der Waals surface area contributed by atoms with Gasteiger partial charge in [0.15, 0.2) is 0 Å². The van der Waals surface area contributed by atoms with Gasteiger partial charge in [-0.3, -0.25) is 4.98 Å². The molecular weight excluding hydrogens is 282 g/mol. The number of rotatable bonds is 2. The first kappa shape index (κ1) is 14.1. The first-order chi connectivity index (χ1) is 10.1. The Labute approximate surface area is 129 Å². The van der Waals surface area contributed by atoms with Gasteiger partial charge in [-0.15, -0.1) is 0 Å². The highest BCUT2D eigenvalue weighted by Gasteiger charge is 2.15. The third kappa shape index (κ3) is 2.65. The number of benzene rings is 2. The van der Waals surface area contributed by atoms with Gasteiger partial charge in [0, 0.05) is 16.1 Å². The predicted molar refractivity (Wildman–Crippen MR) is 86.7 cm³/mol. The van der Waals surface area contributed by atoms with E-state index in [0.29, 0.717) is 5.02 Å². The number of hydrogen-bond donors (Lipinski definition) is 1. The standard InChI is InChI=1S/C18H16ClNO/c1-11-7-8-13(10-16(11)19)18(21)15-9-12(2)20-17-6-4-3-5-14(15)17/h3-10,18,21H,1-2H3. The summed E-state index contributed by atoms with van der Waals surface area (Å²) in [6, 6.07) is 15.4. The number of aliphatic hydroxyl groups is 1. The quantitative estimate of drug-likeness (QED) is 0.750. The molecule has 3 rings (SSSR count). The van der Waals surface area contributed by atoms with Crippen LogP contribution in [0.3, 0.4) is 0 Å². The van der Waals surface area contributed by atoms with E-state index in [2.05, 4.69) is 4.98 Å². The minimum Gasteiger partial charge on any atom is -0.384 e. The Morgan fingerprint density at radius 1 is 1.05 bits per heavy atom. The number of pyridine rings is 1. The van der Waals surface area contributed by atoms with E-state index in [-0.39, 0.29) is 0 Å². The van der Waals surface area contributed by atoms with Gasteiger partial charge in [-0.25, -0.2) is 0 Å². The molecule has 3 aromatic rings. The van der Waals surface area contributed by atoms with Gasteiger partial charge in [0.2, 0.25) is 0 Å². The zero-order valence-corrected chi connectivity index (χ0v) is 12.7. The molecule has 2 nitrogen and oxygen atoms in total. The Bertz CT molecular complexity index is 813. The molecule has 0 bridgehead atoms. The molecule has 0 radical (unpaired) electrons. The van der Waals surface area contributed by atoms with Gasteiger partial charge in [0.1, 0.15) is 6.10 Å². The SMILES string of the molecule is Cc1cc(C(O)c2ccc(C)c(Cl)c2)c2ccccc2n1. The molecule has 0 saturated carbocycles. The van der Waals surface area contributed by atoms with Gasteiger partial charge in [0.05, 0.1) is 5.52 Å². The van der Waals surface area contributed by atoms with E-state index in [1.807, 2.05) is 62.4 Å². The molecule has 3 heteroatoms. The molecular formula is C18H16ClNO. The number of halogens is 1. The second-order valence-corrected chi connectivity index (χ2v) is 5.69. The number of fused-ring (bicyclic) bond motifs is 1. The monoisotopic (exact) mass is 297 g/mol. The van der Waals surface area contributed by atoms with Crippen molar-refractivity contribution in [3.8, 4) is 0 Å². The number of aliphatic hydroxyl groups excluding tert-OH is 1. The third-order valence-corrected chi connectivity index (χ3v) is 4.09. The molecule has 106 valence electrons. The van der Waals surface area contributed by atoms with E-state index in [1.54, 1.807) is 0 Å². The fraction of sp³-hybridized carbons (Fsp3) is 0.167. The summed E-state index contributed by atoms with van der Waals surface area (Å²) >= 11 is 6.17. The maximum atomic E-state index is 10.7. The molecule has 1 heterocycles. The summed E-state index contributed by atoms with van der Waals surface area (Å²) in [5, 5.41) is 12.4. The summed E-state index contributed by atoms with van der Waals surface area (Å²) in [6.45, 7) is 3.88. The van der Waals surface area contributed by atoms with Gasteiger partial charge in [-0.2, -0.15) is 0 Å². The minimum absolute atomic E-state index is 0.668. The van der Waals surface area contributed by atoms with Gasteiger partial charge < -0.3 is 5.11 Å². The zero-order chi connectivity index (χ0) is 15.0. The van der Waals surface area contributed by atoms with E-state index in [4.69, 9.17) is 11.6 Å². The number of aromatic nitrogens is 1. The molecule has 0 spiro atoms. The highest BCUT2D eigenvalue weighted by atomic mass is 35.5. The molecule has 2 aromatic carbocycles. The van der Waals surface area contributed by atoms with Crippen molar-refractivity contribution in [1.29, 1.82) is 0 Å². The smallest absolute Gasteiger partial charge is 0.105 e. The van der Waals surface area contributed by atoms with Crippen molar-refractivity contribution < 1.29 is 5.11 Å². The van der Waals surface area contributed by atoms with Crippen molar-refractivity contribution in [3.63, 3.8) is 0 Å². The van der Waals surface area contributed by atoms with E-state index in [9.17, 15) is 5.11 Å². The van der Waals surface area contributed by atoms with Crippen molar-refractivity contribution in [2.45, 2.75) is 20.0 Å². The molecule has 0 aliphatic heterocycles. The predicted octanol–water partition coefficient (Wildman–Crippen LogP) is 4.59. The van der Waals surface area contributed by atoms with Gasteiger partial charge in [0.25, 0.3) is 0 Å². The summed E-state index contributed by atoms with van der Waals surface area (Å²) in [5.41, 5.74) is 4.44. The number of hydrogen-bond acceptors (Lipinski definition) is 2. The first-order valence-corrected chi connectivity index (χ1v) is 7.24. The lowest BCUT2D eigenvalue weighted by Crippen LogP contribution is -2.02. The maximum Gasteiger partial charge on any atom is 0.105 e. The number of nitrogens with zero attached hydrogens (tertiary/aromatic N) is 1. The van der Waals surface area contributed by atoms with Crippen LogP contribution in [0.2, 0.25) is 5.02 Å². The van der Waals surface area contributed by atoms with Crippen LogP contribution in [-0.2, 0) is 0 Å². The van der Waals surface area contributed by atoms with Crippen LogP contribution < -0.4 is 0 Å². The molecule has 0 fully saturated rings. The topological polar surface area (TPSA) is 33.1 Å². The fourth-order valence-corrected chi connectivity index (χ4v) is 2.71. The summed E-state index contributed by atoms with van der Waals surface area (Å²) in [5.74, 6) is 0. The van der Waals surface area contributed by atoms with Crippen LogP contribution in [0.4, 0.5) is 0 Å². The van der Waals surface area contributed by atoms with Gasteiger partial charge in [-0.05, 0) is 48.7 Å². The van der Waals surface area contributed by atoms with Crippen molar-refractivity contribution in [2.24, 2.45) is 0 Å². The van der Waals surface area contributed by atoms with E-state index in [0.717, 1.165) is 33.3 Å². The lowest BCUT2D eigenvalue weighted by atomic mass is 9.97. The average molecular weight is 298 g/mol. The Morgan fingerprint density at radius 2 is 1.81 bits per heavy atom. The Balaban J connectivity index is 2.16. The molecule has 0 amide bonds. The minimum atomic E-state index is -0.713. The van der Waals surface area contributed by atoms with E-state index < -0.39 is 6.10 Å². The van der Waals surface area contributed by atoms with Crippen LogP contribution >= 0.6 is 11.6 Å². The Kier molecular flexibility index (Phi) is 3.66. The summed E-state index contributed by atoms with van der Waals surface area (Å²) in [4.78, 5) is 4.51. The Hall–Kier alpha value is -1.90. The van der Waals surface area contributed by atoms with Crippen LogP contribution in [0, 0.1) is 13.8 Å². The van der Waals surface area contributed by atoms with Crippen LogP contribution in [0.1, 0.15) is 28.5 Å². The number of aryl methyl sites for hydroxylation is 2. The second kappa shape index (κ2) is 5.47. The molecule has 1 atom stereocenters. The number of para-hydroxylation sites is 1. The van der Waals surface area contributed by atoms with Crippen LogP contribution in [0.25, 0.3) is 10.9 Å². The zero-order valence-electron chi connectivity index (χ0n) is 12.0.